The lowest BCUT2D eigenvalue weighted by Gasteiger charge is -2.18. The molecule has 338 valence electrons. The van der Waals surface area contributed by atoms with Gasteiger partial charge in [-0.15, -0.1) is 0 Å². The van der Waals surface area contributed by atoms with Crippen LogP contribution in [0.3, 0.4) is 0 Å². The van der Waals surface area contributed by atoms with Crippen LogP contribution >= 0.6 is 0 Å². The molecule has 0 aromatic heterocycles. The SMILES string of the molecule is CCCCCCCCCCCCCCCC(=O)OCC(COC(=O)CCCCCCCCCCCCCCC)OC(=O)c1ccc(N=Nc2ccc(CCCC)cc2)cc1. The van der Waals surface area contributed by atoms with Crippen LogP contribution in [-0.4, -0.2) is 37.2 Å². The van der Waals surface area contributed by atoms with Crippen LogP contribution in [0.5, 0.6) is 0 Å². The van der Waals surface area contributed by atoms with Gasteiger partial charge < -0.3 is 14.2 Å². The molecule has 2 rings (SSSR count). The molecular weight excluding hydrogens is 749 g/mol. The summed E-state index contributed by atoms with van der Waals surface area (Å²) in [6.07, 6.45) is 35.2. The van der Waals surface area contributed by atoms with Gasteiger partial charge in [-0.25, -0.2) is 4.79 Å². The average molecular weight is 833 g/mol. The smallest absolute Gasteiger partial charge is 0.338 e. The van der Waals surface area contributed by atoms with Gasteiger partial charge in [-0.3, -0.25) is 9.59 Å². The van der Waals surface area contributed by atoms with Crippen molar-refractivity contribution >= 4 is 29.3 Å². The van der Waals surface area contributed by atoms with E-state index in [9.17, 15) is 14.4 Å². The van der Waals surface area contributed by atoms with Crippen LogP contribution in [0.25, 0.3) is 0 Å². The molecule has 0 heterocycles. The van der Waals surface area contributed by atoms with Crippen molar-refractivity contribution in [3.8, 4) is 0 Å². The molecular formula is C52H84N2O6. The molecule has 0 unspecified atom stereocenters. The van der Waals surface area contributed by atoms with E-state index in [0.29, 0.717) is 24.1 Å². The van der Waals surface area contributed by atoms with E-state index in [4.69, 9.17) is 14.2 Å². The summed E-state index contributed by atoms with van der Waals surface area (Å²) in [5, 5.41) is 8.65. The summed E-state index contributed by atoms with van der Waals surface area (Å²) in [6.45, 7) is 6.36. The summed E-state index contributed by atoms with van der Waals surface area (Å²) >= 11 is 0. The summed E-state index contributed by atoms with van der Waals surface area (Å²) in [4.78, 5) is 38.5. The van der Waals surface area contributed by atoms with E-state index >= 15 is 0 Å². The monoisotopic (exact) mass is 833 g/mol. The first kappa shape index (κ1) is 52.6. The molecule has 0 aliphatic rings. The Morgan fingerprint density at radius 3 is 1.13 bits per heavy atom. The number of hydrogen-bond acceptors (Lipinski definition) is 8. The Balaban J connectivity index is 1.76. The zero-order valence-corrected chi connectivity index (χ0v) is 38.4. The molecule has 0 spiro atoms. The molecule has 2 aromatic rings. The Bertz CT molecular complexity index is 1330. The first-order valence-corrected chi connectivity index (χ1v) is 24.6. The minimum Gasteiger partial charge on any atom is -0.462 e. The molecule has 0 amide bonds. The van der Waals surface area contributed by atoms with Crippen molar-refractivity contribution in [2.75, 3.05) is 13.2 Å². The number of ether oxygens (including phenoxy) is 3. The molecule has 0 aliphatic carbocycles. The topological polar surface area (TPSA) is 104 Å². The van der Waals surface area contributed by atoms with E-state index in [2.05, 4.69) is 43.1 Å². The number of carbonyl (C=O) groups excluding carboxylic acids is 3. The lowest BCUT2D eigenvalue weighted by Crippen LogP contribution is -2.31. The van der Waals surface area contributed by atoms with Gasteiger partial charge in [0.15, 0.2) is 6.10 Å². The highest BCUT2D eigenvalue weighted by molar-refractivity contribution is 5.89. The number of hydrogen-bond donors (Lipinski definition) is 0. The fraction of sp³-hybridized carbons (Fsp3) is 0.712. The van der Waals surface area contributed by atoms with Crippen molar-refractivity contribution in [3.63, 3.8) is 0 Å². The number of esters is 3. The Morgan fingerprint density at radius 1 is 0.433 bits per heavy atom. The molecule has 60 heavy (non-hydrogen) atoms. The average Bonchev–Trinajstić information content (AvgIpc) is 3.26. The zero-order valence-electron chi connectivity index (χ0n) is 38.4. The largest absolute Gasteiger partial charge is 0.462 e. The van der Waals surface area contributed by atoms with Crippen molar-refractivity contribution in [1.29, 1.82) is 0 Å². The minimum atomic E-state index is -0.914. The summed E-state index contributed by atoms with van der Waals surface area (Å²) in [6, 6.07) is 14.7. The predicted molar refractivity (Wildman–Crippen MR) is 247 cm³/mol. The van der Waals surface area contributed by atoms with Gasteiger partial charge >= 0.3 is 17.9 Å². The second-order valence-electron chi connectivity index (χ2n) is 16.9. The van der Waals surface area contributed by atoms with Gasteiger partial charge in [0.25, 0.3) is 0 Å². The first-order valence-electron chi connectivity index (χ1n) is 24.6. The molecule has 0 radical (unpaired) electrons. The number of aryl methyl sites for hydroxylation is 1. The number of benzene rings is 2. The van der Waals surface area contributed by atoms with Crippen molar-refractivity contribution < 1.29 is 28.6 Å². The fourth-order valence-corrected chi connectivity index (χ4v) is 7.32. The molecule has 8 nitrogen and oxygen atoms in total. The Kier molecular flexibility index (Phi) is 32.6. The third-order valence-corrected chi connectivity index (χ3v) is 11.2. The van der Waals surface area contributed by atoms with Gasteiger partial charge in [0.1, 0.15) is 13.2 Å². The maximum Gasteiger partial charge on any atom is 0.338 e. The van der Waals surface area contributed by atoms with E-state index in [1.54, 1.807) is 24.3 Å². The van der Waals surface area contributed by atoms with E-state index in [1.165, 1.54) is 134 Å². The quantitative estimate of drug-likeness (QED) is 0.0288. The molecule has 0 saturated carbocycles. The summed E-state index contributed by atoms with van der Waals surface area (Å²) in [5.74, 6) is -1.25. The van der Waals surface area contributed by atoms with E-state index in [-0.39, 0.29) is 25.2 Å². The maximum atomic E-state index is 13.2. The predicted octanol–water partition coefficient (Wildman–Crippen LogP) is 16.0. The number of nitrogens with zero attached hydrogens (tertiary/aromatic N) is 2. The Hall–Kier alpha value is -3.55. The van der Waals surface area contributed by atoms with Crippen LogP contribution in [0.15, 0.2) is 58.8 Å². The van der Waals surface area contributed by atoms with Crippen LogP contribution < -0.4 is 0 Å². The van der Waals surface area contributed by atoms with Crippen molar-refractivity contribution in [2.24, 2.45) is 10.2 Å². The van der Waals surface area contributed by atoms with E-state index in [0.717, 1.165) is 63.5 Å². The second-order valence-corrected chi connectivity index (χ2v) is 16.9. The van der Waals surface area contributed by atoms with Crippen molar-refractivity contribution in [1.82, 2.24) is 0 Å². The van der Waals surface area contributed by atoms with Crippen LogP contribution in [-0.2, 0) is 30.2 Å². The fourth-order valence-electron chi connectivity index (χ4n) is 7.32. The van der Waals surface area contributed by atoms with Crippen LogP contribution in [0.4, 0.5) is 11.4 Å². The number of azo groups is 1. The highest BCUT2D eigenvalue weighted by Crippen LogP contribution is 2.21. The van der Waals surface area contributed by atoms with Crippen LogP contribution in [0.2, 0.25) is 0 Å². The van der Waals surface area contributed by atoms with Crippen molar-refractivity contribution in [3.05, 3.63) is 59.7 Å². The van der Waals surface area contributed by atoms with Crippen LogP contribution in [0.1, 0.15) is 229 Å². The maximum absolute atomic E-state index is 13.2. The normalized spacial score (nSPS) is 11.4. The third kappa shape index (κ3) is 28.8. The molecule has 8 heteroatoms. The summed E-state index contributed by atoms with van der Waals surface area (Å²) in [5.41, 5.74) is 2.96. The van der Waals surface area contributed by atoms with E-state index in [1.807, 2.05) is 12.1 Å². The highest BCUT2D eigenvalue weighted by atomic mass is 16.6. The summed E-state index contributed by atoms with van der Waals surface area (Å²) < 4.78 is 16.8. The molecule has 0 saturated heterocycles. The van der Waals surface area contributed by atoms with Crippen molar-refractivity contribution in [2.45, 2.75) is 226 Å². The van der Waals surface area contributed by atoms with Gasteiger partial charge in [-0.1, -0.05) is 193 Å². The first-order chi connectivity index (χ1) is 29.4. The molecule has 0 fully saturated rings. The number of rotatable bonds is 39. The van der Waals surface area contributed by atoms with E-state index < -0.39 is 12.1 Å². The van der Waals surface area contributed by atoms with Gasteiger partial charge in [-0.2, -0.15) is 10.2 Å². The van der Waals surface area contributed by atoms with Gasteiger partial charge in [0, 0.05) is 12.8 Å². The number of unbranched alkanes of at least 4 members (excludes halogenated alkanes) is 25. The Labute approximate surface area is 365 Å². The lowest BCUT2D eigenvalue weighted by molar-refractivity contribution is -0.152. The minimum absolute atomic E-state index is 0.168. The van der Waals surface area contributed by atoms with Gasteiger partial charge in [0.05, 0.1) is 16.9 Å². The second kappa shape index (κ2) is 37.2. The molecule has 0 bridgehead atoms. The lowest BCUT2D eigenvalue weighted by atomic mass is 10.0. The Morgan fingerprint density at radius 2 is 0.767 bits per heavy atom. The third-order valence-electron chi connectivity index (χ3n) is 11.2. The molecule has 0 atom stereocenters. The number of carbonyl (C=O) groups is 3. The van der Waals surface area contributed by atoms with Crippen LogP contribution in [0, 0.1) is 0 Å². The zero-order chi connectivity index (χ0) is 43.1. The molecule has 0 aliphatic heterocycles. The summed E-state index contributed by atoms with van der Waals surface area (Å²) in [7, 11) is 0. The molecule has 2 aromatic carbocycles. The van der Waals surface area contributed by atoms with Gasteiger partial charge in [-0.05, 0) is 67.6 Å². The van der Waals surface area contributed by atoms with Gasteiger partial charge in [0.2, 0.25) is 0 Å². The highest BCUT2D eigenvalue weighted by Gasteiger charge is 2.21. The molecule has 0 N–H and O–H groups in total. The standard InChI is InChI=1S/C52H84N2O6/c1-4-7-10-12-14-16-18-20-22-24-26-28-30-33-50(55)58-43-49(44-59-51(56)34-31-29-27-25-23-21-19-17-15-13-11-8-5-2)60-52(57)46-37-41-48(42-38-46)54-53-47-39-35-45(36-40-47)32-9-6-3/h35-42,49H,4-34,43-44H2,1-3H3.